The van der Waals surface area contributed by atoms with E-state index in [1.165, 1.54) is 0 Å². The predicted octanol–water partition coefficient (Wildman–Crippen LogP) is 2.48. The number of pyridine rings is 1. The van der Waals surface area contributed by atoms with Crippen LogP contribution in [0.1, 0.15) is 18.1 Å². The molecule has 112 valence electrons. The van der Waals surface area contributed by atoms with Gasteiger partial charge in [0.05, 0.1) is 13.7 Å². The molecule has 0 saturated carbocycles. The molecule has 0 unspecified atom stereocenters. The van der Waals surface area contributed by atoms with Gasteiger partial charge in [-0.1, -0.05) is 19.1 Å². The van der Waals surface area contributed by atoms with Crippen molar-refractivity contribution in [3.05, 3.63) is 47.7 Å². The molecule has 21 heavy (non-hydrogen) atoms. The highest BCUT2D eigenvalue weighted by atomic mass is 16.5. The van der Waals surface area contributed by atoms with Crippen molar-refractivity contribution in [1.82, 2.24) is 10.3 Å². The predicted molar refractivity (Wildman–Crippen MR) is 80.6 cm³/mol. The lowest BCUT2D eigenvalue weighted by molar-refractivity contribution is 0.280. The van der Waals surface area contributed by atoms with Crippen LogP contribution in [-0.4, -0.2) is 23.7 Å². The molecule has 0 aliphatic heterocycles. The Hall–Kier alpha value is -2.11. The monoisotopic (exact) mass is 288 g/mol. The third-order valence-corrected chi connectivity index (χ3v) is 3.03. The van der Waals surface area contributed by atoms with Crippen molar-refractivity contribution >= 4 is 0 Å². The minimum atomic E-state index is -0.0358. The number of nitrogens with one attached hydrogen (secondary N) is 1. The molecule has 5 heteroatoms. The van der Waals surface area contributed by atoms with Crippen molar-refractivity contribution in [3.8, 4) is 17.4 Å². The number of rotatable bonds is 7. The van der Waals surface area contributed by atoms with Gasteiger partial charge in [0.2, 0.25) is 5.88 Å². The maximum Gasteiger partial charge on any atom is 0.223 e. The van der Waals surface area contributed by atoms with Crippen LogP contribution in [0.3, 0.4) is 0 Å². The fourth-order valence-electron chi connectivity index (χ4n) is 1.91. The summed E-state index contributed by atoms with van der Waals surface area (Å²) in [5, 5.41) is 12.4. The first kappa shape index (κ1) is 15.3. The van der Waals surface area contributed by atoms with Gasteiger partial charge in [-0.2, -0.15) is 0 Å². The highest BCUT2D eigenvalue weighted by Crippen LogP contribution is 2.32. The minimum absolute atomic E-state index is 0.0358. The van der Waals surface area contributed by atoms with Crippen LogP contribution in [0, 0.1) is 0 Å². The van der Waals surface area contributed by atoms with E-state index >= 15 is 0 Å². The number of hydrogen-bond acceptors (Lipinski definition) is 5. The van der Waals surface area contributed by atoms with Crippen molar-refractivity contribution < 1.29 is 14.6 Å². The summed E-state index contributed by atoms with van der Waals surface area (Å²) in [4.78, 5) is 4.28. The molecule has 0 spiro atoms. The van der Waals surface area contributed by atoms with Crippen LogP contribution in [0.15, 0.2) is 36.5 Å². The lowest BCUT2D eigenvalue weighted by Crippen LogP contribution is -2.12. The standard InChI is InChI=1S/C16H20N2O3/c1-3-17-10-13-5-4-8-18-16(13)21-14-7-6-12(11-19)9-15(14)20-2/h4-9,17,19H,3,10-11H2,1-2H3. The Balaban J connectivity index is 2.25. The molecule has 0 fully saturated rings. The van der Waals surface area contributed by atoms with Crippen LogP contribution in [0.5, 0.6) is 17.4 Å². The topological polar surface area (TPSA) is 63.6 Å². The van der Waals surface area contributed by atoms with Crippen LogP contribution in [0.4, 0.5) is 0 Å². The number of aliphatic hydroxyl groups excluding tert-OH is 1. The molecule has 2 rings (SSSR count). The van der Waals surface area contributed by atoms with Gasteiger partial charge in [-0.25, -0.2) is 4.98 Å². The number of ether oxygens (including phenoxy) is 2. The zero-order chi connectivity index (χ0) is 15.1. The molecule has 1 heterocycles. The molecule has 5 nitrogen and oxygen atoms in total. The smallest absolute Gasteiger partial charge is 0.223 e. The van der Waals surface area contributed by atoms with Crippen LogP contribution < -0.4 is 14.8 Å². The Morgan fingerprint density at radius 2 is 2.10 bits per heavy atom. The molecule has 0 bridgehead atoms. The fraction of sp³-hybridized carbons (Fsp3) is 0.312. The molecular weight excluding hydrogens is 268 g/mol. The summed E-state index contributed by atoms with van der Waals surface area (Å²) in [6, 6.07) is 9.17. The Labute approximate surface area is 124 Å². The summed E-state index contributed by atoms with van der Waals surface area (Å²) >= 11 is 0. The van der Waals surface area contributed by atoms with Crippen molar-refractivity contribution in [1.29, 1.82) is 0 Å². The van der Waals surface area contributed by atoms with Gasteiger partial charge in [-0.05, 0) is 30.3 Å². The molecule has 2 aromatic rings. The average molecular weight is 288 g/mol. The van der Waals surface area contributed by atoms with E-state index in [1.807, 2.05) is 19.1 Å². The summed E-state index contributed by atoms with van der Waals surface area (Å²) in [7, 11) is 1.57. The highest BCUT2D eigenvalue weighted by molar-refractivity contribution is 5.45. The molecular formula is C16H20N2O3. The zero-order valence-electron chi connectivity index (χ0n) is 12.3. The molecule has 1 aromatic heterocycles. The van der Waals surface area contributed by atoms with Gasteiger partial charge in [0, 0.05) is 18.3 Å². The molecule has 0 atom stereocenters. The third-order valence-electron chi connectivity index (χ3n) is 3.03. The molecule has 1 aromatic carbocycles. The number of hydrogen-bond donors (Lipinski definition) is 2. The summed E-state index contributed by atoms with van der Waals surface area (Å²) in [5.74, 6) is 1.70. The van der Waals surface area contributed by atoms with E-state index in [9.17, 15) is 0 Å². The SMILES string of the molecule is CCNCc1cccnc1Oc1ccc(CO)cc1OC. The van der Waals surface area contributed by atoms with E-state index < -0.39 is 0 Å². The summed E-state index contributed by atoms with van der Waals surface area (Å²) in [5.41, 5.74) is 1.75. The average Bonchev–Trinajstić information content (AvgIpc) is 2.54. The van der Waals surface area contributed by atoms with E-state index in [1.54, 1.807) is 31.5 Å². The highest BCUT2D eigenvalue weighted by Gasteiger charge is 2.10. The lowest BCUT2D eigenvalue weighted by Gasteiger charge is -2.13. The van der Waals surface area contributed by atoms with E-state index in [2.05, 4.69) is 10.3 Å². The number of aliphatic hydroxyl groups is 1. The van der Waals surface area contributed by atoms with Gasteiger partial charge in [0.1, 0.15) is 0 Å². The van der Waals surface area contributed by atoms with Gasteiger partial charge in [0.15, 0.2) is 11.5 Å². The molecule has 0 aliphatic rings. The van der Waals surface area contributed by atoms with E-state index in [-0.39, 0.29) is 6.61 Å². The summed E-state index contributed by atoms with van der Waals surface area (Å²) < 4.78 is 11.2. The number of nitrogens with zero attached hydrogens (tertiary/aromatic N) is 1. The Morgan fingerprint density at radius 1 is 1.24 bits per heavy atom. The van der Waals surface area contributed by atoms with E-state index in [0.717, 1.165) is 17.7 Å². The molecule has 0 radical (unpaired) electrons. The van der Waals surface area contributed by atoms with Crippen molar-refractivity contribution in [2.45, 2.75) is 20.1 Å². The first-order valence-corrected chi connectivity index (χ1v) is 6.88. The maximum atomic E-state index is 9.16. The third kappa shape index (κ3) is 3.93. The maximum absolute atomic E-state index is 9.16. The van der Waals surface area contributed by atoms with Gasteiger partial charge < -0.3 is 19.9 Å². The number of aromatic nitrogens is 1. The quantitative estimate of drug-likeness (QED) is 0.819. The van der Waals surface area contributed by atoms with Crippen LogP contribution >= 0.6 is 0 Å². The molecule has 0 saturated heterocycles. The second-order valence-corrected chi connectivity index (χ2v) is 4.49. The van der Waals surface area contributed by atoms with E-state index in [4.69, 9.17) is 14.6 Å². The summed E-state index contributed by atoms with van der Waals surface area (Å²) in [6.07, 6.45) is 1.69. The molecule has 0 aliphatic carbocycles. The minimum Gasteiger partial charge on any atom is -0.493 e. The molecule has 0 amide bonds. The van der Waals surface area contributed by atoms with Crippen molar-refractivity contribution in [3.63, 3.8) is 0 Å². The van der Waals surface area contributed by atoms with Gasteiger partial charge in [0.25, 0.3) is 0 Å². The summed E-state index contributed by atoms with van der Waals surface area (Å²) in [6.45, 7) is 3.58. The second-order valence-electron chi connectivity index (χ2n) is 4.49. The number of benzene rings is 1. The number of methoxy groups -OCH3 is 1. The second kappa shape index (κ2) is 7.61. The Kier molecular flexibility index (Phi) is 5.54. The van der Waals surface area contributed by atoms with Gasteiger partial charge in [-0.15, -0.1) is 0 Å². The zero-order valence-corrected chi connectivity index (χ0v) is 12.3. The Bertz CT molecular complexity index is 587. The molecule has 2 N–H and O–H groups in total. The van der Waals surface area contributed by atoms with Crippen LogP contribution in [0.25, 0.3) is 0 Å². The van der Waals surface area contributed by atoms with E-state index in [0.29, 0.717) is 23.9 Å². The first-order valence-electron chi connectivity index (χ1n) is 6.88. The lowest BCUT2D eigenvalue weighted by atomic mass is 10.2. The van der Waals surface area contributed by atoms with Crippen molar-refractivity contribution in [2.24, 2.45) is 0 Å². The van der Waals surface area contributed by atoms with Crippen LogP contribution in [-0.2, 0) is 13.2 Å². The van der Waals surface area contributed by atoms with Gasteiger partial charge >= 0.3 is 0 Å². The first-order chi connectivity index (χ1) is 10.3. The van der Waals surface area contributed by atoms with Crippen molar-refractivity contribution in [2.75, 3.05) is 13.7 Å². The van der Waals surface area contributed by atoms with Crippen LogP contribution in [0.2, 0.25) is 0 Å². The Morgan fingerprint density at radius 3 is 2.81 bits per heavy atom. The largest absolute Gasteiger partial charge is 0.493 e. The fourth-order valence-corrected chi connectivity index (χ4v) is 1.91. The van der Waals surface area contributed by atoms with Gasteiger partial charge in [-0.3, -0.25) is 0 Å². The normalized spacial score (nSPS) is 10.4.